The summed E-state index contributed by atoms with van der Waals surface area (Å²) < 4.78 is 0. The Morgan fingerprint density at radius 1 is 1.00 bits per heavy atom. The molecule has 0 unspecified atom stereocenters. The maximum absolute atomic E-state index is 12.4. The number of hydrogen-bond donors (Lipinski definition) is 1. The van der Waals surface area contributed by atoms with Gasteiger partial charge in [0.15, 0.2) is 0 Å². The van der Waals surface area contributed by atoms with Gasteiger partial charge < -0.3 is 5.32 Å². The van der Waals surface area contributed by atoms with Crippen LogP contribution in [0.2, 0.25) is 0 Å². The van der Waals surface area contributed by atoms with E-state index in [9.17, 15) is 14.4 Å². The van der Waals surface area contributed by atoms with E-state index in [0.29, 0.717) is 11.4 Å². The fourth-order valence-corrected chi connectivity index (χ4v) is 3.17. The molecule has 0 aromatic heterocycles. The van der Waals surface area contributed by atoms with Crippen molar-refractivity contribution in [3.63, 3.8) is 0 Å². The van der Waals surface area contributed by atoms with Gasteiger partial charge in [-0.25, -0.2) is 0 Å². The standard InChI is InChI=1S/C19H16N2O3S/c22-17(20-12-15-9-5-2-6-10-15)13-21-18(23)16(25-19(21)24)11-14-7-3-1-4-8-14/h1-11H,12-13H2,(H,20,22)/b16-11+. The predicted molar refractivity (Wildman–Crippen MR) is 97.4 cm³/mol. The zero-order chi connectivity index (χ0) is 17.6. The van der Waals surface area contributed by atoms with Gasteiger partial charge in [0.25, 0.3) is 11.1 Å². The summed E-state index contributed by atoms with van der Waals surface area (Å²) >= 11 is 0.852. The quantitative estimate of drug-likeness (QED) is 0.840. The smallest absolute Gasteiger partial charge is 0.294 e. The van der Waals surface area contributed by atoms with Gasteiger partial charge in [-0.2, -0.15) is 0 Å². The van der Waals surface area contributed by atoms with Gasteiger partial charge in [0.2, 0.25) is 5.91 Å². The van der Waals surface area contributed by atoms with Crippen LogP contribution in [0.3, 0.4) is 0 Å². The summed E-state index contributed by atoms with van der Waals surface area (Å²) in [5.41, 5.74) is 1.79. The minimum absolute atomic E-state index is 0.274. The lowest BCUT2D eigenvalue weighted by Gasteiger charge is -2.12. The summed E-state index contributed by atoms with van der Waals surface area (Å²) in [4.78, 5) is 37.7. The summed E-state index contributed by atoms with van der Waals surface area (Å²) in [7, 11) is 0. The summed E-state index contributed by atoms with van der Waals surface area (Å²) in [6.45, 7) is 0.0827. The third-order valence-corrected chi connectivity index (χ3v) is 4.51. The van der Waals surface area contributed by atoms with Crippen molar-refractivity contribution in [2.24, 2.45) is 0 Å². The SMILES string of the molecule is O=C(CN1C(=O)S/C(=C/c2ccccc2)C1=O)NCc1ccccc1. The van der Waals surface area contributed by atoms with Crippen LogP contribution in [0.5, 0.6) is 0 Å². The largest absolute Gasteiger partial charge is 0.350 e. The van der Waals surface area contributed by atoms with Gasteiger partial charge >= 0.3 is 0 Å². The van der Waals surface area contributed by atoms with Crippen molar-refractivity contribution in [2.45, 2.75) is 6.54 Å². The number of carbonyl (C=O) groups excluding carboxylic acids is 3. The summed E-state index contributed by atoms with van der Waals surface area (Å²) in [5.74, 6) is -0.805. The predicted octanol–water partition coefficient (Wildman–Crippen LogP) is 3.04. The minimum Gasteiger partial charge on any atom is -0.350 e. The number of rotatable bonds is 5. The van der Waals surface area contributed by atoms with Crippen LogP contribution in [0.4, 0.5) is 4.79 Å². The number of hydrogen-bond acceptors (Lipinski definition) is 4. The van der Waals surface area contributed by atoms with Crippen molar-refractivity contribution in [3.05, 3.63) is 76.7 Å². The van der Waals surface area contributed by atoms with Crippen LogP contribution < -0.4 is 5.32 Å². The van der Waals surface area contributed by atoms with E-state index in [-0.39, 0.29) is 12.5 Å². The molecule has 1 fully saturated rings. The molecule has 3 rings (SSSR count). The summed E-state index contributed by atoms with van der Waals surface area (Å²) in [6, 6.07) is 18.7. The number of nitrogens with zero attached hydrogens (tertiary/aromatic N) is 1. The molecular weight excluding hydrogens is 336 g/mol. The van der Waals surface area contributed by atoms with E-state index in [1.807, 2.05) is 60.7 Å². The number of carbonyl (C=O) groups is 3. The van der Waals surface area contributed by atoms with Gasteiger partial charge in [0.1, 0.15) is 6.54 Å². The second-order valence-electron chi connectivity index (χ2n) is 5.44. The maximum Gasteiger partial charge on any atom is 0.294 e. The zero-order valence-corrected chi connectivity index (χ0v) is 14.2. The van der Waals surface area contributed by atoms with E-state index in [2.05, 4.69) is 5.32 Å². The third-order valence-electron chi connectivity index (χ3n) is 3.61. The fourth-order valence-electron chi connectivity index (χ4n) is 2.33. The number of imide groups is 1. The number of benzene rings is 2. The van der Waals surface area contributed by atoms with Crippen molar-refractivity contribution in [3.8, 4) is 0 Å². The first-order valence-corrected chi connectivity index (χ1v) is 8.56. The Balaban J connectivity index is 1.61. The molecule has 0 radical (unpaired) electrons. The molecule has 0 aliphatic carbocycles. The second-order valence-corrected chi connectivity index (χ2v) is 6.43. The van der Waals surface area contributed by atoms with Crippen LogP contribution in [0.1, 0.15) is 11.1 Å². The Morgan fingerprint density at radius 2 is 1.64 bits per heavy atom. The van der Waals surface area contributed by atoms with Crippen molar-refractivity contribution >= 4 is 34.9 Å². The molecule has 25 heavy (non-hydrogen) atoms. The van der Waals surface area contributed by atoms with E-state index in [1.165, 1.54) is 0 Å². The Labute approximate surface area is 149 Å². The number of thioether (sulfide) groups is 1. The molecule has 1 heterocycles. The van der Waals surface area contributed by atoms with Crippen molar-refractivity contribution in [1.82, 2.24) is 10.2 Å². The van der Waals surface area contributed by atoms with Crippen LogP contribution in [-0.4, -0.2) is 28.5 Å². The highest BCUT2D eigenvalue weighted by Crippen LogP contribution is 2.31. The molecule has 3 amide bonds. The van der Waals surface area contributed by atoms with Gasteiger partial charge in [0, 0.05) is 6.54 Å². The van der Waals surface area contributed by atoms with Crippen molar-refractivity contribution < 1.29 is 14.4 Å². The normalized spacial score (nSPS) is 15.7. The summed E-state index contributed by atoms with van der Waals surface area (Å²) in [6.07, 6.45) is 1.66. The molecule has 2 aromatic carbocycles. The molecule has 5 nitrogen and oxygen atoms in total. The first-order chi connectivity index (χ1) is 12.1. The van der Waals surface area contributed by atoms with E-state index < -0.39 is 11.1 Å². The Hall–Kier alpha value is -2.86. The molecule has 6 heteroatoms. The minimum atomic E-state index is -0.436. The lowest BCUT2D eigenvalue weighted by molar-refractivity contribution is -0.129. The molecule has 1 aliphatic rings. The molecule has 1 N–H and O–H groups in total. The molecule has 1 aliphatic heterocycles. The molecular formula is C19H16N2O3S. The maximum atomic E-state index is 12.4. The van der Waals surface area contributed by atoms with Crippen LogP contribution in [0, 0.1) is 0 Å². The van der Waals surface area contributed by atoms with Gasteiger partial charge in [-0.05, 0) is 29.0 Å². The van der Waals surface area contributed by atoms with Crippen LogP contribution in [0.25, 0.3) is 6.08 Å². The second kappa shape index (κ2) is 7.81. The van der Waals surface area contributed by atoms with Crippen molar-refractivity contribution in [1.29, 1.82) is 0 Å². The topological polar surface area (TPSA) is 66.5 Å². The van der Waals surface area contributed by atoms with Gasteiger partial charge in [-0.3, -0.25) is 19.3 Å². The first-order valence-electron chi connectivity index (χ1n) is 7.74. The number of amides is 3. The average molecular weight is 352 g/mol. The highest BCUT2D eigenvalue weighted by atomic mass is 32.2. The molecule has 2 aromatic rings. The van der Waals surface area contributed by atoms with Gasteiger partial charge in [-0.15, -0.1) is 0 Å². The van der Waals surface area contributed by atoms with Crippen LogP contribution in [0.15, 0.2) is 65.6 Å². The summed E-state index contributed by atoms with van der Waals surface area (Å²) in [5, 5.41) is 2.29. The van der Waals surface area contributed by atoms with E-state index in [0.717, 1.165) is 27.8 Å². The van der Waals surface area contributed by atoms with E-state index in [1.54, 1.807) is 6.08 Å². The highest BCUT2D eigenvalue weighted by Gasteiger charge is 2.36. The third kappa shape index (κ3) is 4.36. The van der Waals surface area contributed by atoms with Gasteiger partial charge in [-0.1, -0.05) is 60.7 Å². The van der Waals surface area contributed by atoms with Crippen molar-refractivity contribution in [2.75, 3.05) is 6.54 Å². The van der Waals surface area contributed by atoms with Crippen LogP contribution in [-0.2, 0) is 16.1 Å². The Morgan fingerprint density at radius 3 is 2.32 bits per heavy atom. The lowest BCUT2D eigenvalue weighted by atomic mass is 10.2. The lowest BCUT2D eigenvalue weighted by Crippen LogP contribution is -2.39. The monoisotopic (exact) mass is 352 g/mol. The average Bonchev–Trinajstić information content (AvgIpc) is 2.89. The Bertz CT molecular complexity index is 819. The molecule has 0 bridgehead atoms. The van der Waals surface area contributed by atoms with Gasteiger partial charge in [0.05, 0.1) is 4.91 Å². The fraction of sp³-hybridized carbons (Fsp3) is 0.105. The molecule has 1 saturated heterocycles. The molecule has 0 spiro atoms. The number of nitrogens with one attached hydrogen (secondary N) is 1. The Kier molecular flexibility index (Phi) is 5.30. The van der Waals surface area contributed by atoms with Crippen LogP contribution >= 0.6 is 11.8 Å². The molecule has 126 valence electrons. The van der Waals surface area contributed by atoms with E-state index >= 15 is 0 Å². The van der Waals surface area contributed by atoms with E-state index in [4.69, 9.17) is 0 Å². The molecule has 0 atom stereocenters. The molecule has 0 saturated carbocycles. The first kappa shape index (κ1) is 17.0. The highest BCUT2D eigenvalue weighted by molar-refractivity contribution is 8.18. The zero-order valence-electron chi connectivity index (χ0n) is 13.3.